The van der Waals surface area contributed by atoms with Crippen LogP contribution in [-0.4, -0.2) is 44.1 Å². The molecule has 2 amide bonds. The van der Waals surface area contributed by atoms with E-state index in [9.17, 15) is 9.59 Å². The van der Waals surface area contributed by atoms with Crippen molar-refractivity contribution >= 4 is 22.7 Å². The lowest BCUT2D eigenvalue weighted by atomic mass is 10.0. The Bertz CT molecular complexity index is 1050. The number of benzene rings is 1. The van der Waals surface area contributed by atoms with Crippen LogP contribution in [0.2, 0.25) is 0 Å². The molecule has 150 valence electrons. The second-order valence-corrected chi connectivity index (χ2v) is 7.52. The first-order valence-corrected chi connectivity index (χ1v) is 9.96. The molecule has 1 N–H and O–H groups in total. The molecule has 1 aliphatic rings. The number of aromatic nitrogens is 3. The summed E-state index contributed by atoms with van der Waals surface area (Å²) >= 11 is 0. The Hall–Kier alpha value is -3.22. The van der Waals surface area contributed by atoms with Gasteiger partial charge in [0.1, 0.15) is 6.04 Å². The van der Waals surface area contributed by atoms with Crippen LogP contribution in [-0.2, 0) is 18.4 Å². The molecule has 1 aromatic carbocycles. The molecule has 3 aromatic rings. The molecule has 2 aromatic heterocycles. The molecule has 7 nitrogen and oxygen atoms in total. The molecule has 0 aliphatic carbocycles. The van der Waals surface area contributed by atoms with Crippen LogP contribution in [0.5, 0.6) is 0 Å². The van der Waals surface area contributed by atoms with E-state index in [2.05, 4.69) is 15.4 Å². The second kappa shape index (κ2) is 8.03. The predicted octanol–water partition coefficient (Wildman–Crippen LogP) is 2.59. The molecule has 0 unspecified atom stereocenters. The van der Waals surface area contributed by atoms with E-state index < -0.39 is 6.04 Å². The number of carbonyl (C=O) groups is 2. The smallest absolute Gasteiger partial charge is 0.257 e. The third-order valence-electron chi connectivity index (χ3n) is 5.44. The highest BCUT2D eigenvalue weighted by Crippen LogP contribution is 2.23. The fourth-order valence-corrected chi connectivity index (χ4v) is 3.96. The number of para-hydroxylation sites is 1. The van der Waals surface area contributed by atoms with E-state index in [1.807, 2.05) is 44.3 Å². The summed E-state index contributed by atoms with van der Waals surface area (Å²) in [6.07, 6.45) is 4.15. The van der Waals surface area contributed by atoms with E-state index in [0.29, 0.717) is 30.6 Å². The fourth-order valence-electron chi connectivity index (χ4n) is 3.96. The van der Waals surface area contributed by atoms with Gasteiger partial charge in [-0.1, -0.05) is 18.2 Å². The number of amides is 2. The van der Waals surface area contributed by atoms with Gasteiger partial charge in [-0.15, -0.1) is 0 Å². The lowest BCUT2D eigenvalue weighted by Gasteiger charge is -2.30. The largest absolute Gasteiger partial charge is 0.354 e. The highest BCUT2D eigenvalue weighted by atomic mass is 16.2. The number of aryl methyl sites for hydroxylation is 2. The minimum absolute atomic E-state index is 0.0945. The molecule has 0 bridgehead atoms. The average Bonchev–Trinajstić information content (AvgIpc) is 2.90. The molecular formula is C22H25N5O2. The highest BCUT2D eigenvalue weighted by Gasteiger charge is 2.33. The number of carbonyl (C=O) groups excluding carboxylic acids is 2. The van der Waals surface area contributed by atoms with Gasteiger partial charge >= 0.3 is 0 Å². The summed E-state index contributed by atoms with van der Waals surface area (Å²) in [7, 11) is 1.86. The first-order valence-electron chi connectivity index (χ1n) is 9.96. The molecule has 4 rings (SSSR count). The SMILES string of the molecule is Cc1cc(CN(C(=O)c2cccc3cccnc23)[C@H]2CCCCNC2=O)n(C)n1. The summed E-state index contributed by atoms with van der Waals surface area (Å²) in [6, 6.07) is 10.8. The van der Waals surface area contributed by atoms with Gasteiger partial charge in [-0.25, -0.2) is 0 Å². The molecule has 1 atom stereocenters. The van der Waals surface area contributed by atoms with Gasteiger partial charge < -0.3 is 10.2 Å². The van der Waals surface area contributed by atoms with Crippen LogP contribution in [0.25, 0.3) is 10.9 Å². The molecule has 1 aliphatic heterocycles. The van der Waals surface area contributed by atoms with E-state index in [1.54, 1.807) is 21.8 Å². The summed E-state index contributed by atoms with van der Waals surface area (Å²) in [5.41, 5.74) is 2.94. The van der Waals surface area contributed by atoms with Crippen molar-refractivity contribution in [2.24, 2.45) is 7.05 Å². The Morgan fingerprint density at radius 3 is 2.90 bits per heavy atom. The van der Waals surface area contributed by atoms with E-state index in [1.165, 1.54) is 0 Å². The standard InChI is InChI=1S/C22H25N5O2/c1-15-13-17(26(2)25-15)14-27(19-10-3-4-11-24-21(19)28)22(29)18-9-5-7-16-8-6-12-23-20(16)18/h5-9,12-13,19H,3-4,10-11,14H2,1-2H3,(H,24,28)/t19-/m0/s1. The zero-order valence-electron chi connectivity index (χ0n) is 16.8. The molecule has 3 heterocycles. The van der Waals surface area contributed by atoms with Gasteiger partial charge in [-0.05, 0) is 44.4 Å². The Morgan fingerprint density at radius 2 is 2.10 bits per heavy atom. The third-order valence-corrected chi connectivity index (χ3v) is 5.44. The molecule has 0 saturated carbocycles. The van der Waals surface area contributed by atoms with Crippen molar-refractivity contribution in [3.8, 4) is 0 Å². The maximum atomic E-state index is 13.7. The number of rotatable bonds is 4. The van der Waals surface area contributed by atoms with Crippen molar-refractivity contribution in [3.05, 3.63) is 59.5 Å². The number of pyridine rings is 1. The van der Waals surface area contributed by atoms with Crippen molar-refractivity contribution in [1.82, 2.24) is 25.0 Å². The van der Waals surface area contributed by atoms with Crippen molar-refractivity contribution in [3.63, 3.8) is 0 Å². The fraction of sp³-hybridized carbons (Fsp3) is 0.364. The minimum Gasteiger partial charge on any atom is -0.354 e. The molecule has 0 radical (unpaired) electrons. The van der Waals surface area contributed by atoms with Gasteiger partial charge in [-0.3, -0.25) is 19.3 Å². The zero-order valence-corrected chi connectivity index (χ0v) is 16.8. The van der Waals surface area contributed by atoms with Gasteiger partial charge in [0.05, 0.1) is 29.0 Å². The summed E-state index contributed by atoms with van der Waals surface area (Å²) in [6.45, 7) is 2.89. The number of hydrogen-bond donors (Lipinski definition) is 1. The van der Waals surface area contributed by atoms with E-state index in [-0.39, 0.29) is 11.8 Å². The summed E-state index contributed by atoms with van der Waals surface area (Å²) < 4.78 is 1.77. The van der Waals surface area contributed by atoms with Gasteiger partial charge in [-0.2, -0.15) is 5.10 Å². The molecule has 1 saturated heterocycles. The normalized spacial score (nSPS) is 17.0. The van der Waals surface area contributed by atoms with Crippen LogP contribution in [0.3, 0.4) is 0 Å². The van der Waals surface area contributed by atoms with Gasteiger partial charge in [0.15, 0.2) is 0 Å². The van der Waals surface area contributed by atoms with Crippen LogP contribution in [0.15, 0.2) is 42.6 Å². The van der Waals surface area contributed by atoms with E-state index in [4.69, 9.17) is 0 Å². The van der Waals surface area contributed by atoms with Crippen molar-refractivity contribution < 1.29 is 9.59 Å². The third kappa shape index (κ3) is 3.85. The van der Waals surface area contributed by atoms with Crippen LogP contribution in [0.1, 0.15) is 41.0 Å². The topological polar surface area (TPSA) is 80.1 Å². The van der Waals surface area contributed by atoms with Gasteiger partial charge in [0.2, 0.25) is 5.91 Å². The first kappa shape index (κ1) is 19.1. The van der Waals surface area contributed by atoms with Crippen LogP contribution < -0.4 is 5.32 Å². The number of fused-ring (bicyclic) bond motifs is 1. The van der Waals surface area contributed by atoms with Crippen LogP contribution in [0, 0.1) is 6.92 Å². The van der Waals surface area contributed by atoms with Crippen molar-refractivity contribution in [2.75, 3.05) is 6.54 Å². The van der Waals surface area contributed by atoms with Crippen molar-refractivity contribution in [1.29, 1.82) is 0 Å². The number of hydrogen-bond acceptors (Lipinski definition) is 4. The van der Waals surface area contributed by atoms with E-state index in [0.717, 1.165) is 29.6 Å². The lowest BCUT2D eigenvalue weighted by Crippen LogP contribution is -2.48. The molecular weight excluding hydrogens is 366 g/mol. The zero-order chi connectivity index (χ0) is 20.4. The van der Waals surface area contributed by atoms with Crippen LogP contribution in [0.4, 0.5) is 0 Å². The highest BCUT2D eigenvalue weighted by molar-refractivity contribution is 6.06. The second-order valence-electron chi connectivity index (χ2n) is 7.52. The Balaban J connectivity index is 1.77. The van der Waals surface area contributed by atoms with Crippen LogP contribution >= 0.6 is 0 Å². The lowest BCUT2D eigenvalue weighted by molar-refractivity contribution is -0.125. The first-order chi connectivity index (χ1) is 14.0. The summed E-state index contributed by atoms with van der Waals surface area (Å²) in [4.78, 5) is 32.6. The Kier molecular flexibility index (Phi) is 5.29. The molecule has 7 heteroatoms. The number of nitrogens with zero attached hydrogens (tertiary/aromatic N) is 4. The minimum atomic E-state index is -0.515. The van der Waals surface area contributed by atoms with E-state index >= 15 is 0 Å². The number of nitrogens with one attached hydrogen (secondary N) is 1. The monoisotopic (exact) mass is 391 g/mol. The predicted molar refractivity (Wildman–Crippen MR) is 110 cm³/mol. The van der Waals surface area contributed by atoms with Gasteiger partial charge in [0, 0.05) is 25.2 Å². The van der Waals surface area contributed by atoms with Gasteiger partial charge in [0.25, 0.3) is 5.91 Å². The molecule has 29 heavy (non-hydrogen) atoms. The molecule has 0 spiro atoms. The maximum Gasteiger partial charge on any atom is 0.257 e. The quantitative estimate of drug-likeness (QED) is 0.741. The Labute approximate surface area is 169 Å². The molecule has 1 fully saturated rings. The average molecular weight is 391 g/mol. The summed E-state index contributed by atoms with van der Waals surface area (Å²) in [5.74, 6) is -0.280. The summed E-state index contributed by atoms with van der Waals surface area (Å²) in [5, 5.41) is 8.25. The Morgan fingerprint density at radius 1 is 1.28 bits per heavy atom. The maximum absolute atomic E-state index is 13.7. The van der Waals surface area contributed by atoms with Crippen molar-refractivity contribution in [2.45, 2.75) is 38.8 Å².